The average Bonchev–Trinajstić information content (AvgIpc) is 2.92. The van der Waals surface area contributed by atoms with E-state index in [-0.39, 0.29) is 5.41 Å². The standard InChI is InChI=1S/C15H22O/c1-11(12-8-6-5-7-9-12)13-10-15(13,4)14(2,3)16/h5-9,11,13,16H,10H2,1-4H3/t11-,13-,15-/m0/s1. The van der Waals surface area contributed by atoms with E-state index in [0.29, 0.717) is 11.8 Å². The van der Waals surface area contributed by atoms with Gasteiger partial charge < -0.3 is 5.11 Å². The van der Waals surface area contributed by atoms with Crippen LogP contribution < -0.4 is 0 Å². The van der Waals surface area contributed by atoms with Gasteiger partial charge in [-0.05, 0) is 43.1 Å². The molecule has 0 heterocycles. The third kappa shape index (κ3) is 1.78. The molecule has 1 aromatic rings. The van der Waals surface area contributed by atoms with Crippen LogP contribution in [0.15, 0.2) is 30.3 Å². The number of benzene rings is 1. The third-order valence-electron chi connectivity index (χ3n) is 4.63. The molecule has 0 bridgehead atoms. The van der Waals surface area contributed by atoms with Crippen LogP contribution in [0.5, 0.6) is 0 Å². The summed E-state index contributed by atoms with van der Waals surface area (Å²) < 4.78 is 0. The molecule has 0 aromatic heterocycles. The summed E-state index contributed by atoms with van der Waals surface area (Å²) in [4.78, 5) is 0. The molecule has 0 saturated heterocycles. The van der Waals surface area contributed by atoms with E-state index in [9.17, 15) is 5.11 Å². The average molecular weight is 218 g/mol. The highest BCUT2D eigenvalue weighted by Crippen LogP contribution is 2.64. The van der Waals surface area contributed by atoms with E-state index in [1.54, 1.807) is 0 Å². The molecule has 0 unspecified atom stereocenters. The van der Waals surface area contributed by atoms with Crippen LogP contribution in [-0.4, -0.2) is 10.7 Å². The zero-order chi connectivity index (χ0) is 12.0. The lowest BCUT2D eigenvalue weighted by Gasteiger charge is -2.29. The molecule has 1 aliphatic rings. The first-order chi connectivity index (χ1) is 7.36. The number of aliphatic hydroxyl groups is 1. The van der Waals surface area contributed by atoms with Crippen molar-refractivity contribution in [3.8, 4) is 0 Å². The molecule has 1 heteroatoms. The lowest BCUT2D eigenvalue weighted by atomic mass is 9.82. The van der Waals surface area contributed by atoms with Crippen LogP contribution in [0.25, 0.3) is 0 Å². The van der Waals surface area contributed by atoms with E-state index in [0.717, 1.165) is 6.42 Å². The van der Waals surface area contributed by atoms with Crippen molar-refractivity contribution in [2.24, 2.45) is 11.3 Å². The predicted molar refractivity (Wildman–Crippen MR) is 67.4 cm³/mol. The second-order valence-electron chi connectivity index (χ2n) is 5.99. The zero-order valence-corrected chi connectivity index (χ0v) is 10.7. The van der Waals surface area contributed by atoms with Crippen LogP contribution in [0.2, 0.25) is 0 Å². The fourth-order valence-corrected chi connectivity index (χ4v) is 2.82. The van der Waals surface area contributed by atoms with Crippen molar-refractivity contribution in [2.75, 3.05) is 0 Å². The van der Waals surface area contributed by atoms with Crippen LogP contribution in [0.3, 0.4) is 0 Å². The highest BCUT2D eigenvalue weighted by atomic mass is 16.3. The van der Waals surface area contributed by atoms with Crippen LogP contribution >= 0.6 is 0 Å². The van der Waals surface area contributed by atoms with Gasteiger partial charge in [0.05, 0.1) is 5.60 Å². The lowest BCUT2D eigenvalue weighted by molar-refractivity contribution is 0.00120. The second kappa shape index (κ2) is 3.59. The maximum Gasteiger partial charge on any atom is 0.0648 e. The zero-order valence-electron chi connectivity index (χ0n) is 10.7. The second-order valence-corrected chi connectivity index (χ2v) is 5.99. The van der Waals surface area contributed by atoms with Gasteiger partial charge in [0.1, 0.15) is 0 Å². The van der Waals surface area contributed by atoms with Crippen LogP contribution in [0, 0.1) is 11.3 Å². The monoisotopic (exact) mass is 218 g/mol. The minimum atomic E-state index is -0.569. The van der Waals surface area contributed by atoms with Gasteiger partial charge in [-0.2, -0.15) is 0 Å². The van der Waals surface area contributed by atoms with Gasteiger partial charge in [0.2, 0.25) is 0 Å². The Labute approximate surface area is 98.5 Å². The Balaban J connectivity index is 2.14. The predicted octanol–water partition coefficient (Wildman–Crippen LogP) is 3.59. The Morgan fingerprint density at radius 1 is 1.31 bits per heavy atom. The summed E-state index contributed by atoms with van der Waals surface area (Å²) in [5.41, 5.74) is 0.906. The molecular weight excluding hydrogens is 196 g/mol. The molecule has 1 aliphatic carbocycles. The van der Waals surface area contributed by atoms with Gasteiger partial charge in [-0.25, -0.2) is 0 Å². The number of hydrogen-bond donors (Lipinski definition) is 1. The Kier molecular flexibility index (Phi) is 2.62. The SMILES string of the molecule is C[C@@H](c1ccccc1)[C@@H]1C[C@]1(C)C(C)(C)O. The molecule has 1 nitrogen and oxygen atoms in total. The topological polar surface area (TPSA) is 20.2 Å². The Hall–Kier alpha value is -0.820. The number of rotatable bonds is 3. The summed E-state index contributed by atoms with van der Waals surface area (Å²) >= 11 is 0. The lowest BCUT2D eigenvalue weighted by Crippen LogP contribution is -2.32. The fraction of sp³-hybridized carbons (Fsp3) is 0.600. The van der Waals surface area contributed by atoms with E-state index < -0.39 is 5.60 Å². The van der Waals surface area contributed by atoms with Crippen LogP contribution in [-0.2, 0) is 0 Å². The first kappa shape index (κ1) is 11.7. The summed E-state index contributed by atoms with van der Waals surface area (Å²) in [5.74, 6) is 1.15. The van der Waals surface area contributed by atoms with Gasteiger partial charge in [-0.3, -0.25) is 0 Å². The van der Waals surface area contributed by atoms with Crippen LogP contribution in [0.1, 0.15) is 45.6 Å². The van der Waals surface area contributed by atoms with Crippen molar-refractivity contribution in [1.82, 2.24) is 0 Å². The molecule has 3 atom stereocenters. The first-order valence-electron chi connectivity index (χ1n) is 6.13. The van der Waals surface area contributed by atoms with Crippen molar-refractivity contribution in [3.05, 3.63) is 35.9 Å². The molecule has 0 amide bonds. The van der Waals surface area contributed by atoms with Gasteiger partial charge in [-0.15, -0.1) is 0 Å². The third-order valence-corrected chi connectivity index (χ3v) is 4.63. The van der Waals surface area contributed by atoms with E-state index in [1.165, 1.54) is 5.56 Å². The van der Waals surface area contributed by atoms with E-state index in [4.69, 9.17) is 0 Å². The summed E-state index contributed by atoms with van der Waals surface area (Å²) in [5, 5.41) is 10.2. The molecule has 2 rings (SSSR count). The maximum absolute atomic E-state index is 10.2. The Morgan fingerprint density at radius 2 is 1.88 bits per heavy atom. The summed E-state index contributed by atoms with van der Waals surface area (Å²) in [6.45, 7) is 8.35. The van der Waals surface area contributed by atoms with Crippen molar-refractivity contribution in [3.63, 3.8) is 0 Å². The summed E-state index contributed by atoms with van der Waals surface area (Å²) in [6.07, 6.45) is 1.13. The van der Waals surface area contributed by atoms with Crippen molar-refractivity contribution >= 4 is 0 Å². The molecule has 0 radical (unpaired) electrons. The molecule has 1 saturated carbocycles. The summed E-state index contributed by atoms with van der Waals surface area (Å²) in [7, 11) is 0. The van der Waals surface area contributed by atoms with Gasteiger partial charge in [-0.1, -0.05) is 44.2 Å². The molecule has 0 aliphatic heterocycles. The quantitative estimate of drug-likeness (QED) is 0.822. The van der Waals surface area contributed by atoms with Gasteiger partial charge in [0, 0.05) is 0 Å². The van der Waals surface area contributed by atoms with E-state index in [1.807, 2.05) is 13.8 Å². The van der Waals surface area contributed by atoms with Gasteiger partial charge >= 0.3 is 0 Å². The van der Waals surface area contributed by atoms with Gasteiger partial charge in [0.25, 0.3) is 0 Å². The fourth-order valence-electron chi connectivity index (χ4n) is 2.82. The molecule has 88 valence electrons. The van der Waals surface area contributed by atoms with E-state index >= 15 is 0 Å². The smallest absolute Gasteiger partial charge is 0.0648 e. The van der Waals surface area contributed by atoms with Crippen molar-refractivity contribution in [1.29, 1.82) is 0 Å². The molecule has 16 heavy (non-hydrogen) atoms. The molecule has 1 fully saturated rings. The Morgan fingerprint density at radius 3 is 2.31 bits per heavy atom. The normalized spacial score (nSPS) is 31.2. The molecule has 0 spiro atoms. The molecular formula is C15H22O. The highest BCUT2D eigenvalue weighted by molar-refractivity contribution is 5.24. The maximum atomic E-state index is 10.2. The molecule has 1 aromatic carbocycles. The summed E-state index contributed by atoms with van der Waals surface area (Å²) in [6, 6.07) is 10.6. The largest absolute Gasteiger partial charge is 0.390 e. The number of hydrogen-bond acceptors (Lipinski definition) is 1. The first-order valence-corrected chi connectivity index (χ1v) is 6.13. The molecule has 1 N–H and O–H groups in total. The minimum Gasteiger partial charge on any atom is -0.390 e. The Bertz CT molecular complexity index is 363. The van der Waals surface area contributed by atoms with Gasteiger partial charge in [0.15, 0.2) is 0 Å². The minimum absolute atomic E-state index is 0.0856. The van der Waals surface area contributed by atoms with Crippen molar-refractivity contribution < 1.29 is 5.11 Å². The van der Waals surface area contributed by atoms with Crippen LogP contribution in [0.4, 0.5) is 0 Å². The van der Waals surface area contributed by atoms with E-state index in [2.05, 4.69) is 44.2 Å². The van der Waals surface area contributed by atoms with Crippen molar-refractivity contribution in [2.45, 2.75) is 45.6 Å². The highest BCUT2D eigenvalue weighted by Gasteiger charge is 2.60.